The maximum Gasteiger partial charge on any atom is 0.323 e. The van der Waals surface area contributed by atoms with E-state index in [9.17, 15) is 9.59 Å². The predicted molar refractivity (Wildman–Crippen MR) is 82.9 cm³/mol. The smallest absolute Gasteiger partial charge is 0.323 e. The summed E-state index contributed by atoms with van der Waals surface area (Å²) in [6.07, 6.45) is 2.15. The summed E-state index contributed by atoms with van der Waals surface area (Å²) in [5, 5.41) is 3.01. The molecule has 0 heterocycles. The molecule has 0 rings (SSSR count). The van der Waals surface area contributed by atoms with Gasteiger partial charge in [-0.05, 0) is 48.0 Å². The zero-order valence-electron chi connectivity index (χ0n) is 14.1. The van der Waals surface area contributed by atoms with E-state index < -0.39 is 17.2 Å². The van der Waals surface area contributed by atoms with Crippen LogP contribution in [0.2, 0.25) is 0 Å². The summed E-state index contributed by atoms with van der Waals surface area (Å²) in [5.74, 6) is -0.690. The summed E-state index contributed by atoms with van der Waals surface area (Å²) >= 11 is 0. The lowest BCUT2D eigenvalue weighted by Crippen LogP contribution is -2.42. The van der Waals surface area contributed by atoms with Crippen molar-refractivity contribution in [2.24, 2.45) is 0 Å². The number of nitrogens with one attached hydrogen (secondary N) is 1. The Bertz CT molecular complexity index is 363. The highest BCUT2D eigenvalue weighted by Crippen LogP contribution is 2.13. The summed E-state index contributed by atoms with van der Waals surface area (Å²) in [6, 6.07) is -0.547. The fourth-order valence-corrected chi connectivity index (χ4v) is 1.56. The number of hydrogen-bond acceptors (Lipinski definition) is 5. The molecule has 5 nitrogen and oxygen atoms in total. The minimum absolute atomic E-state index is 0.158. The lowest BCUT2D eigenvalue weighted by molar-refractivity contribution is -0.158. The highest BCUT2D eigenvalue weighted by Gasteiger charge is 2.26. The van der Waals surface area contributed by atoms with Gasteiger partial charge in [-0.3, -0.25) is 9.59 Å². The van der Waals surface area contributed by atoms with Gasteiger partial charge in [0.1, 0.15) is 17.2 Å². The van der Waals surface area contributed by atoms with E-state index in [1.807, 2.05) is 41.5 Å². The van der Waals surface area contributed by atoms with Crippen LogP contribution in [0, 0.1) is 0 Å². The van der Waals surface area contributed by atoms with E-state index in [0.29, 0.717) is 13.0 Å². The minimum Gasteiger partial charge on any atom is -0.460 e. The standard InChI is InChI=1S/C16H29NO4/c1-8-11-17-12(14(19)21-16(5,6)7)9-10-13(18)20-15(2,3)4/h8,12,17H,1,9-11H2,2-7H3/t12-/m0/s1. The van der Waals surface area contributed by atoms with E-state index in [4.69, 9.17) is 9.47 Å². The molecule has 0 unspecified atom stereocenters. The number of carbonyl (C=O) groups is 2. The van der Waals surface area contributed by atoms with Gasteiger partial charge in [-0.1, -0.05) is 6.08 Å². The molecule has 0 aliphatic carbocycles. The van der Waals surface area contributed by atoms with E-state index in [1.165, 1.54) is 0 Å². The predicted octanol–water partition coefficient (Wildman–Crippen LogP) is 2.59. The molecule has 0 spiro atoms. The van der Waals surface area contributed by atoms with Gasteiger partial charge in [0.2, 0.25) is 0 Å². The average Bonchev–Trinajstić information content (AvgIpc) is 2.24. The van der Waals surface area contributed by atoms with Crippen molar-refractivity contribution in [2.45, 2.75) is 71.6 Å². The Morgan fingerprint density at radius 1 is 1.10 bits per heavy atom. The SMILES string of the molecule is C=CCN[C@@H](CCC(=O)OC(C)(C)C)C(=O)OC(C)(C)C. The molecule has 0 saturated carbocycles. The molecule has 0 fully saturated rings. The van der Waals surface area contributed by atoms with Crippen LogP contribution >= 0.6 is 0 Å². The topological polar surface area (TPSA) is 64.6 Å². The van der Waals surface area contributed by atoms with Crippen LogP contribution in [0.25, 0.3) is 0 Å². The van der Waals surface area contributed by atoms with Gasteiger partial charge in [0.05, 0.1) is 0 Å². The average molecular weight is 299 g/mol. The first-order chi connectivity index (χ1) is 9.44. The van der Waals surface area contributed by atoms with Gasteiger partial charge in [0, 0.05) is 13.0 Å². The van der Waals surface area contributed by atoms with E-state index in [0.717, 1.165) is 0 Å². The first kappa shape index (κ1) is 19.6. The molecule has 0 radical (unpaired) electrons. The van der Waals surface area contributed by atoms with Crippen LogP contribution in [0.4, 0.5) is 0 Å². The van der Waals surface area contributed by atoms with Gasteiger partial charge < -0.3 is 14.8 Å². The lowest BCUT2D eigenvalue weighted by atomic mass is 10.1. The second-order valence-corrected chi connectivity index (χ2v) is 6.91. The molecule has 0 aliphatic rings. The highest BCUT2D eigenvalue weighted by molar-refractivity contribution is 5.77. The molecule has 122 valence electrons. The number of hydrogen-bond donors (Lipinski definition) is 1. The third-order valence-corrected chi connectivity index (χ3v) is 2.26. The quantitative estimate of drug-likeness (QED) is 0.578. The van der Waals surface area contributed by atoms with E-state index in [-0.39, 0.29) is 18.4 Å². The van der Waals surface area contributed by atoms with Crippen LogP contribution in [0.5, 0.6) is 0 Å². The molecule has 0 aliphatic heterocycles. The van der Waals surface area contributed by atoms with Crippen molar-refractivity contribution in [3.05, 3.63) is 12.7 Å². The summed E-state index contributed by atoms with van der Waals surface area (Å²) in [4.78, 5) is 23.8. The summed E-state index contributed by atoms with van der Waals surface area (Å²) in [7, 11) is 0. The van der Waals surface area contributed by atoms with E-state index >= 15 is 0 Å². The molecular weight excluding hydrogens is 270 g/mol. The Labute approximate surface area is 128 Å². The number of rotatable bonds is 7. The van der Waals surface area contributed by atoms with Crippen LogP contribution in [0.15, 0.2) is 12.7 Å². The van der Waals surface area contributed by atoms with Crippen molar-refractivity contribution in [1.82, 2.24) is 5.32 Å². The van der Waals surface area contributed by atoms with Crippen molar-refractivity contribution in [3.8, 4) is 0 Å². The van der Waals surface area contributed by atoms with E-state index in [2.05, 4.69) is 11.9 Å². The minimum atomic E-state index is -0.558. The van der Waals surface area contributed by atoms with Crippen molar-refractivity contribution in [2.75, 3.05) is 6.54 Å². The normalized spacial score (nSPS) is 13.4. The maximum absolute atomic E-state index is 12.1. The number of ether oxygens (including phenoxy) is 2. The van der Waals surface area contributed by atoms with E-state index in [1.54, 1.807) is 6.08 Å². The van der Waals surface area contributed by atoms with Gasteiger partial charge in [0.25, 0.3) is 0 Å². The van der Waals surface area contributed by atoms with Gasteiger partial charge in [0.15, 0.2) is 0 Å². The van der Waals surface area contributed by atoms with Gasteiger partial charge in [-0.15, -0.1) is 6.58 Å². The summed E-state index contributed by atoms with van der Waals surface area (Å²) in [6.45, 7) is 14.9. The third-order valence-electron chi connectivity index (χ3n) is 2.26. The highest BCUT2D eigenvalue weighted by atomic mass is 16.6. The van der Waals surface area contributed by atoms with Crippen LogP contribution in [0.3, 0.4) is 0 Å². The molecule has 1 N–H and O–H groups in total. The molecule has 0 aromatic carbocycles. The Balaban J connectivity index is 4.52. The van der Waals surface area contributed by atoms with Crippen LogP contribution in [-0.4, -0.2) is 35.7 Å². The Morgan fingerprint density at radius 3 is 2.05 bits per heavy atom. The Kier molecular flexibility index (Phi) is 7.64. The Morgan fingerprint density at radius 2 is 1.62 bits per heavy atom. The summed E-state index contributed by atoms with van der Waals surface area (Å²) < 4.78 is 10.6. The fraction of sp³-hybridized carbons (Fsp3) is 0.750. The van der Waals surface area contributed by atoms with Crippen LogP contribution in [-0.2, 0) is 19.1 Å². The van der Waals surface area contributed by atoms with Crippen LogP contribution in [0.1, 0.15) is 54.4 Å². The van der Waals surface area contributed by atoms with Crippen molar-refractivity contribution < 1.29 is 19.1 Å². The molecule has 0 aromatic heterocycles. The van der Waals surface area contributed by atoms with Crippen molar-refractivity contribution in [1.29, 1.82) is 0 Å². The second kappa shape index (κ2) is 8.17. The largest absolute Gasteiger partial charge is 0.460 e. The second-order valence-electron chi connectivity index (χ2n) is 6.91. The molecule has 0 saturated heterocycles. The first-order valence-corrected chi connectivity index (χ1v) is 7.23. The molecule has 0 amide bonds. The zero-order valence-corrected chi connectivity index (χ0v) is 14.1. The van der Waals surface area contributed by atoms with Crippen molar-refractivity contribution in [3.63, 3.8) is 0 Å². The molecular formula is C16H29NO4. The zero-order chi connectivity index (χ0) is 16.7. The maximum atomic E-state index is 12.1. The number of carbonyl (C=O) groups excluding carboxylic acids is 2. The molecule has 21 heavy (non-hydrogen) atoms. The van der Waals surface area contributed by atoms with Gasteiger partial charge in [-0.25, -0.2) is 0 Å². The van der Waals surface area contributed by atoms with Crippen molar-refractivity contribution >= 4 is 11.9 Å². The molecule has 5 heteroatoms. The molecule has 0 aromatic rings. The van der Waals surface area contributed by atoms with Crippen LogP contribution < -0.4 is 5.32 Å². The monoisotopic (exact) mass is 299 g/mol. The molecule has 1 atom stereocenters. The Hall–Kier alpha value is -1.36. The number of esters is 2. The molecule has 0 bridgehead atoms. The van der Waals surface area contributed by atoms with Gasteiger partial charge >= 0.3 is 11.9 Å². The summed E-state index contributed by atoms with van der Waals surface area (Å²) in [5.41, 5.74) is -1.08. The van der Waals surface area contributed by atoms with Gasteiger partial charge in [-0.2, -0.15) is 0 Å². The fourth-order valence-electron chi connectivity index (χ4n) is 1.56. The lowest BCUT2D eigenvalue weighted by Gasteiger charge is -2.25. The third kappa shape index (κ3) is 11.0. The first-order valence-electron chi connectivity index (χ1n) is 7.23.